The normalized spacial score (nSPS) is 21.1. The van der Waals surface area contributed by atoms with Gasteiger partial charge in [-0.2, -0.15) is 0 Å². The summed E-state index contributed by atoms with van der Waals surface area (Å²) in [7, 11) is 0. The third kappa shape index (κ3) is 4.94. The molecule has 3 N–H and O–H groups in total. The zero-order chi connectivity index (χ0) is 17.0. The van der Waals surface area contributed by atoms with Gasteiger partial charge in [0, 0.05) is 12.6 Å². The molecule has 1 aromatic rings. The Balaban J connectivity index is 1.99. The Morgan fingerprint density at radius 1 is 1.39 bits per heavy atom. The first-order valence-corrected chi connectivity index (χ1v) is 8.25. The van der Waals surface area contributed by atoms with Crippen molar-refractivity contribution in [2.75, 3.05) is 6.54 Å². The molecule has 0 saturated carbocycles. The van der Waals surface area contributed by atoms with Crippen molar-refractivity contribution in [2.45, 2.75) is 63.8 Å². The maximum atomic E-state index is 12.3. The largest absolute Gasteiger partial charge is 0.444 e. The van der Waals surface area contributed by atoms with Crippen molar-refractivity contribution < 1.29 is 14.6 Å². The van der Waals surface area contributed by atoms with E-state index in [1.54, 1.807) is 4.90 Å². The summed E-state index contributed by atoms with van der Waals surface area (Å²) in [5.74, 6) is 0. The summed E-state index contributed by atoms with van der Waals surface area (Å²) in [6, 6.07) is 9.16. The Bertz CT molecular complexity index is 513. The summed E-state index contributed by atoms with van der Waals surface area (Å²) in [4.78, 5) is 13.9. The van der Waals surface area contributed by atoms with E-state index in [0.29, 0.717) is 13.0 Å². The highest BCUT2D eigenvalue weighted by molar-refractivity contribution is 5.69. The molecule has 0 bridgehead atoms. The fourth-order valence-electron chi connectivity index (χ4n) is 2.99. The van der Waals surface area contributed by atoms with Crippen molar-refractivity contribution in [1.82, 2.24) is 4.90 Å². The highest BCUT2D eigenvalue weighted by Crippen LogP contribution is 2.25. The fraction of sp³-hybridized carbons (Fsp3) is 0.611. The number of aliphatic hydroxyl groups excluding tert-OH is 1. The number of carbonyl (C=O) groups excluding carboxylic acids is 1. The predicted molar refractivity (Wildman–Crippen MR) is 90.1 cm³/mol. The third-order valence-corrected chi connectivity index (χ3v) is 4.07. The minimum absolute atomic E-state index is 0.274. The van der Waals surface area contributed by atoms with Gasteiger partial charge in [-0.3, -0.25) is 0 Å². The van der Waals surface area contributed by atoms with Crippen molar-refractivity contribution in [3.63, 3.8) is 0 Å². The van der Waals surface area contributed by atoms with Crippen LogP contribution in [-0.4, -0.2) is 46.4 Å². The molecule has 2 rings (SSSR count). The Kier molecular flexibility index (Phi) is 5.65. The van der Waals surface area contributed by atoms with Crippen molar-refractivity contribution in [1.29, 1.82) is 0 Å². The van der Waals surface area contributed by atoms with Gasteiger partial charge in [0.1, 0.15) is 5.60 Å². The summed E-state index contributed by atoms with van der Waals surface area (Å²) in [6.07, 6.45) is 1.07. The molecular weight excluding hydrogens is 292 g/mol. The molecule has 1 heterocycles. The Hall–Kier alpha value is -1.59. The van der Waals surface area contributed by atoms with Gasteiger partial charge in [-0.05, 0) is 45.6 Å². The molecule has 0 aliphatic carbocycles. The second kappa shape index (κ2) is 7.32. The number of nitrogens with zero attached hydrogens (tertiary/aromatic N) is 1. The van der Waals surface area contributed by atoms with Crippen LogP contribution in [0.4, 0.5) is 4.79 Å². The van der Waals surface area contributed by atoms with Crippen molar-refractivity contribution >= 4 is 6.09 Å². The second-order valence-electron chi connectivity index (χ2n) is 7.23. The summed E-state index contributed by atoms with van der Waals surface area (Å²) >= 11 is 0. The van der Waals surface area contributed by atoms with Crippen molar-refractivity contribution in [3.05, 3.63) is 35.9 Å². The van der Waals surface area contributed by atoms with Crippen LogP contribution in [0.2, 0.25) is 0 Å². The van der Waals surface area contributed by atoms with Gasteiger partial charge in [-0.15, -0.1) is 0 Å². The minimum Gasteiger partial charge on any atom is -0.444 e. The molecule has 0 aromatic heterocycles. The van der Waals surface area contributed by atoms with Crippen LogP contribution >= 0.6 is 0 Å². The van der Waals surface area contributed by atoms with Crippen LogP contribution in [0.5, 0.6) is 0 Å². The monoisotopic (exact) mass is 320 g/mol. The maximum Gasteiger partial charge on any atom is 0.410 e. The lowest BCUT2D eigenvalue weighted by Gasteiger charge is -2.33. The Labute approximate surface area is 138 Å². The van der Waals surface area contributed by atoms with Gasteiger partial charge in [0.25, 0.3) is 0 Å². The van der Waals surface area contributed by atoms with E-state index < -0.39 is 17.7 Å². The van der Waals surface area contributed by atoms with Gasteiger partial charge in [-0.1, -0.05) is 30.3 Å². The lowest BCUT2D eigenvalue weighted by atomic mass is 9.96. The molecule has 1 fully saturated rings. The SMILES string of the molecule is CC(C)(C)OC(=O)N1CCCC1[C@H](O)[C@@H](N)Cc1ccccc1. The van der Waals surface area contributed by atoms with Gasteiger partial charge in [-0.25, -0.2) is 4.79 Å². The number of ether oxygens (including phenoxy) is 1. The quantitative estimate of drug-likeness (QED) is 0.892. The molecule has 128 valence electrons. The van der Waals surface area contributed by atoms with Gasteiger partial charge < -0.3 is 20.5 Å². The van der Waals surface area contributed by atoms with E-state index in [-0.39, 0.29) is 12.1 Å². The number of rotatable bonds is 4. The molecule has 0 spiro atoms. The maximum absolute atomic E-state index is 12.3. The lowest BCUT2D eigenvalue weighted by molar-refractivity contribution is 0.000868. The topological polar surface area (TPSA) is 75.8 Å². The van der Waals surface area contributed by atoms with Crippen molar-refractivity contribution in [2.24, 2.45) is 5.73 Å². The zero-order valence-electron chi connectivity index (χ0n) is 14.2. The van der Waals surface area contributed by atoms with Crippen LogP contribution in [0.1, 0.15) is 39.2 Å². The molecule has 3 atom stereocenters. The lowest BCUT2D eigenvalue weighted by Crippen LogP contribution is -2.52. The number of hydrogen-bond acceptors (Lipinski definition) is 4. The molecule has 1 amide bonds. The first-order chi connectivity index (χ1) is 10.8. The first kappa shape index (κ1) is 17.8. The van der Waals surface area contributed by atoms with Crippen molar-refractivity contribution in [3.8, 4) is 0 Å². The van der Waals surface area contributed by atoms with E-state index in [0.717, 1.165) is 18.4 Å². The van der Waals surface area contributed by atoms with E-state index in [2.05, 4.69) is 0 Å². The van der Waals surface area contributed by atoms with Crippen LogP contribution in [-0.2, 0) is 11.2 Å². The molecule has 1 unspecified atom stereocenters. The summed E-state index contributed by atoms with van der Waals surface area (Å²) in [5, 5.41) is 10.6. The minimum atomic E-state index is -0.759. The van der Waals surface area contributed by atoms with Gasteiger partial charge in [0.2, 0.25) is 0 Å². The number of hydrogen-bond donors (Lipinski definition) is 2. The molecule has 5 nitrogen and oxygen atoms in total. The molecule has 0 radical (unpaired) electrons. The number of nitrogens with two attached hydrogens (primary N) is 1. The molecule has 23 heavy (non-hydrogen) atoms. The average Bonchev–Trinajstić information content (AvgIpc) is 2.95. The Morgan fingerprint density at radius 2 is 2.04 bits per heavy atom. The number of likely N-dealkylation sites (tertiary alicyclic amines) is 1. The number of amides is 1. The van der Waals surface area contributed by atoms with Gasteiger partial charge in [0.05, 0.1) is 12.1 Å². The van der Waals surface area contributed by atoms with Crippen LogP contribution < -0.4 is 5.73 Å². The van der Waals surface area contributed by atoms with E-state index >= 15 is 0 Å². The summed E-state index contributed by atoms with van der Waals surface area (Å²) in [6.45, 7) is 6.13. The number of carbonyl (C=O) groups is 1. The Morgan fingerprint density at radius 3 is 2.65 bits per heavy atom. The third-order valence-electron chi connectivity index (χ3n) is 4.07. The second-order valence-corrected chi connectivity index (χ2v) is 7.23. The van der Waals surface area contributed by atoms with Crippen LogP contribution in [0.25, 0.3) is 0 Å². The molecule has 1 aliphatic rings. The smallest absolute Gasteiger partial charge is 0.410 e. The molecule has 1 aromatic carbocycles. The average molecular weight is 320 g/mol. The molecule has 1 saturated heterocycles. The molecule has 1 aliphatic heterocycles. The zero-order valence-corrected chi connectivity index (χ0v) is 14.2. The van der Waals surface area contributed by atoms with Crippen LogP contribution in [0.3, 0.4) is 0 Å². The molecule has 5 heteroatoms. The van der Waals surface area contributed by atoms with Gasteiger partial charge in [0.15, 0.2) is 0 Å². The van der Waals surface area contributed by atoms with Crippen LogP contribution in [0, 0.1) is 0 Å². The standard InChI is InChI=1S/C18H28N2O3/c1-18(2,3)23-17(22)20-11-7-10-15(20)16(21)14(19)12-13-8-5-4-6-9-13/h4-6,8-9,14-16,21H,7,10-12,19H2,1-3H3/t14-,15?,16+/m0/s1. The van der Waals surface area contributed by atoms with E-state index in [1.165, 1.54) is 0 Å². The number of aliphatic hydroxyl groups is 1. The first-order valence-electron chi connectivity index (χ1n) is 8.25. The highest BCUT2D eigenvalue weighted by atomic mass is 16.6. The van der Waals surface area contributed by atoms with Crippen LogP contribution in [0.15, 0.2) is 30.3 Å². The summed E-state index contributed by atoms with van der Waals surface area (Å²) < 4.78 is 5.44. The predicted octanol–water partition coefficient (Wildman–Crippen LogP) is 2.32. The van der Waals surface area contributed by atoms with Gasteiger partial charge >= 0.3 is 6.09 Å². The number of benzene rings is 1. The fourth-order valence-corrected chi connectivity index (χ4v) is 2.99. The summed E-state index contributed by atoms with van der Waals surface area (Å²) in [5.41, 5.74) is 6.73. The highest BCUT2D eigenvalue weighted by Gasteiger charge is 2.38. The molecular formula is C18H28N2O3. The van der Waals surface area contributed by atoms with E-state index in [4.69, 9.17) is 10.5 Å². The van der Waals surface area contributed by atoms with E-state index in [9.17, 15) is 9.90 Å². The van der Waals surface area contributed by atoms with E-state index in [1.807, 2.05) is 51.1 Å².